The second-order valence-corrected chi connectivity index (χ2v) is 4.57. The molecule has 6 heteroatoms. The van der Waals surface area contributed by atoms with Gasteiger partial charge < -0.3 is 4.42 Å². The Balaban J connectivity index is 1.99. The molecule has 108 valence electrons. The minimum absolute atomic E-state index is 0.246. The minimum Gasteiger partial charge on any atom is -0.423 e. The molecule has 0 aliphatic carbocycles. The Morgan fingerprint density at radius 2 is 1.81 bits per heavy atom. The smallest absolute Gasteiger partial charge is 0.416 e. The van der Waals surface area contributed by atoms with Crippen molar-refractivity contribution in [2.24, 2.45) is 0 Å². The second-order valence-electron chi connectivity index (χ2n) is 4.57. The molecule has 0 aliphatic rings. The molecule has 2 aromatic carbocycles. The summed E-state index contributed by atoms with van der Waals surface area (Å²) in [6, 6.07) is 12.4. The van der Waals surface area contributed by atoms with Crippen molar-refractivity contribution >= 4 is 22.8 Å². The fourth-order valence-corrected chi connectivity index (χ4v) is 2.00. The molecule has 0 radical (unpaired) electrons. The highest BCUT2D eigenvalue weighted by Gasteiger charge is 2.30. The van der Waals surface area contributed by atoms with Crippen LogP contribution in [0.25, 0.3) is 11.1 Å². The Bertz CT molecular complexity index is 747. The molecule has 0 saturated heterocycles. The van der Waals surface area contributed by atoms with Crippen LogP contribution in [0.2, 0.25) is 0 Å². The number of rotatable bonds is 2. The van der Waals surface area contributed by atoms with E-state index in [0.29, 0.717) is 16.8 Å². The number of halogens is 3. The molecule has 0 atom stereocenters. The van der Waals surface area contributed by atoms with E-state index in [2.05, 4.69) is 4.98 Å². The summed E-state index contributed by atoms with van der Waals surface area (Å²) < 4.78 is 43.8. The number of hydrogen-bond acceptors (Lipinski definition) is 3. The van der Waals surface area contributed by atoms with Crippen LogP contribution in [-0.4, -0.2) is 12.0 Å². The minimum atomic E-state index is -4.38. The van der Waals surface area contributed by atoms with Crippen LogP contribution in [0.15, 0.2) is 52.9 Å². The van der Waals surface area contributed by atoms with Gasteiger partial charge in [-0.15, -0.1) is 0 Å². The van der Waals surface area contributed by atoms with Crippen molar-refractivity contribution in [2.75, 3.05) is 11.9 Å². The highest BCUT2D eigenvalue weighted by atomic mass is 19.4. The highest BCUT2D eigenvalue weighted by molar-refractivity contribution is 5.75. The van der Waals surface area contributed by atoms with E-state index in [1.807, 2.05) is 12.1 Å². The topological polar surface area (TPSA) is 29.3 Å². The fraction of sp³-hybridized carbons (Fsp3) is 0.133. The van der Waals surface area contributed by atoms with E-state index in [9.17, 15) is 13.2 Å². The van der Waals surface area contributed by atoms with Gasteiger partial charge in [0.15, 0.2) is 5.58 Å². The van der Waals surface area contributed by atoms with E-state index < -0.39 is 11.7 Å². The Morgan fingerprint density at radius 1 is 1.05 bits per heavy atom. The van der Waals surface area contributed by atoms with Crippen molar-refractivity contribution < 1.29 is 17.6 Å². The molecule has 21 heavy (non-hydrogen) atoms. The van der Waals surface area contributed by atoms with Crippen molar-refractivity contribution in [1.82, 2.24) is 4.98 Å². The number of para-hydroxylation sites is 2. The van der Waals surface area contributed by atoms with Gasteiger partial charge in [-0.2, -0.15) is 18.2 Å². The van der Waals surface area contributed by atoms with Gasteiger partial charge in [-0.05, 0) is 30.3 Å². The third-order valence-electron chi connectivity index (χ3n) is 3.13. The molecule has 1 aromatic heterocycles. The van der Waals surface area contributed by atoms with E-state index in [-0.39, 0.29) is 6.01 Å². The number of hydrogen-bond donors (Lipinski definition) is 0. The average Bonchev–Trinajstić information content (AvgIpc) is 2.89. The second kappa shape index (κ2) is 4.80. The average molecular weight is 292 g/mol. The van der Waals surface area contributed by atoms with Crippen LogP contribution in [0.3, 0.4) is 0 Å². The highest BCUT2D eigenvalue weighted by Crippen LogP contribution is 2.33. The van der Waals surface area contributed by atoms with Crippen molar-refractivity contribution in [3.05, 3.63) is 54.1 Å². The van der Waals surface area contributed by atoms with Crippen molar-refractivity contribution in [2.45, 2.75) is 6.18 Å². The molecule has 3 rings (SSSR count). The normalized spacial score (nSPS) is 11.8. The maximum Gasteiger partial charge on any atom is 0.416 e. The lowest BCUT2D eigenvalue weighted by Crippen LogP contribution is -2.12. The Labute approximate surface area is 118 Å². The molecule has 0 spiro atoms. The van der Waals surface area contributed by atoms with Gasteiger partial charge >= 0.3 is 12.2 Å². The lowest BCUT2D eigenvalue weighted by molar-refractivity contribution is -0.137. The van der Waals surface area contributed by atoms with E-state index in [0.717, 1.165) is 12.1 Å². The number of benzene rings is 2. The van der Waals surface area contributed by atoms with Crippen LogP contribution in [0.1, 0.15) is 5.56 Å². The van der Waals surface area contributed by atoms with Gasteiger partial charge in [0, 0.05) is 12.7 Å². The molecule has 3 nitrogen and oxygen atoms in total. The van der Waals surface area contributed by atoms with Gasteiger partial charge in [-0.1, -0.05) is 18.2 Å². The van der Waals surface area contributed by atoms with Gasteiger partial charge in [-0.3, -0.25) is 4.90 Å². The van der Waals surface area contributed by atoms with Crippen LogP contribution in [0.4, 0.5) is 24.9 Å². The third kappa shape index (κ3) is 2.56. The molecule has 1 heterocycles. The summed E-state index contributed by atoms with van der Waals surface area (Å²) in [4.78, 5) is 5.74. The van der Waals surface area contributed by atoms with E-state index in [1.165, 1.54) is 11.0 Å². The summed E-state index contributed by atoms with van der Waals surface area (Å²) in [6.07, 6.45) is -4.38. The molecule has 0 N–H and O–H groups in total. The van der Waals surface area contributed by atoms with Crippen molar-refractivity contribution in [3.8, 4) is 0 Å². The standard InChI is InChI=1S/C15H11F3N2O/c1-20(11-6-4-5-10(9-11)15(16,17)18)14-19-12-7-2-3-8-13(12)21-14/h2-9H,1H3. The molecule has 3 aromatic rings. The number of fused-ring (bicyclic) bond motifs is 1. The summed E-state index contributed by atoms with van der Waals surface area (Å²) in [7, 11) is 1.61. The first-order valence-corrected chi connectivity index (χ1v) is 6.22. The molecule has 0 unspecified atom stereocenters. The Morgan fingerprint density at radius 3 is 2.52 bits per heavy atom. The van der Waals surface area contributed by atoms with Gasteiger partial charge in [0.25, 0.3) is 0 Å². The lowest BCUT2D eigenvalue weighted by atomic mass is 10.2. The van der Waals surface area contributed by atoms with Crippen LogP contribution in [0, 0.1) is 0 Å². The molecular weight excluding hydrogens is 281 g/mol. The number of anilines is 2. The predicted molar refractivity (Wildman–Crippen MR) is 73.5 cm³/mol. The van der Waals surface area contributed by atoms with Gasteiger partial charge in [0.1, 0.15) is 5.52 Å². The Hall–Kier alpha value is -2.50. The van der Waals surface area contributed by atoms with Crippen LogP contribution in [-0.2, 0) is 6.18 Å². The van der Waals surface area contributed by atoms with Gasteiger partial charge in [-0.25, -0.2) is 0 Å². The predicted octanol–water partition coefficient (Wildman–Crippen LogP) is 4.61. The number of oxazole rings is 1. The number of aromatic nitrogens is 1. The van der Waals surface area contributed by atoms with Crippen LogP contribution < -0.4 is 4.90 Å². The van der Waals surface area contributed by atoms with E-state index in [4.69, 9.17) is 4.42 Å². The maximum atomic E-state index is 12.7. The Kier molecular flexibility index (Phi) is 3.08. The number of alkyl halides is 3. The largest absolute Gasteiger partial charge is 0.423 e. The molecule has 0 saturated carbocycles. The molecule has 0 bridgehead atoms. The summed E-state index contributed by atoms with van der Waals surface area (Å²) >= 11 is 0. The monoisotopic (exact) mass is 292 g/mol. The molecule has 0 fully saturated rings. The SMILES string of the molecule is CN(c1cccc(C(F)(F)F)c1)c1nc2ccccc2o1. The quantitative estimate of drug-likeness (QED) is 0.690. The first-order chi connectivity index (χ1) is 9.95. The summed E-state index contributed by atoms with van der Waals surface area (Å²) in [5.74, 6) is 0. The maximum absolute atomic E-state index is 12.7. The van der Waals surface area contributed by atoms with Gasteiger partial charge in [0.2, 0.25) is 0 Å². The van der Waals surface area contributed by atoms with Crippen LogP contribution in [0.5, 0.6) is 0 Å². The first kappa shape index (κ1) is 13.5. The van der Waals surface area contributed by atoms with Gasteiger partial charge in [0.05, 0.1) is 5.56 Å². The first-order valence-electron chi connectivity index (χ1n) is 6.22. The fourth-order valence-electron chi connectivity index (χ4n) is 2.00. The summed E-state index contributed by atoms with van der Waals surface area (Å²) in [5.41, 5.74) is 0.900. The van der Waals surface area contributed by atoms with Crippen molar-refractivity contribution in [3.63, 3.8) is 0 Å². The third-order valence-corrected chi connectivity index (χ3v) is 3.13. The number of nitrogens with zero attached hydrogens (tertiary/aromatic N) is 2. The zero-order chi connectivity index (χ0) is 15.0. The molecule has 0 amide bonds. The molecular formula is C15H11F3N2O. The zero-order valence-corrected chi connectivity index (χ0v) is 11.1. The molecule has 0 aliphatic heterocycles. The summed E-state index contributed by atoms with van der Waals surface area (Å²) in [6.45, 7) is 0. The zero-order valence-electron chi connectivity index (χ0n) is 11.1. The van der Waals surface area contributed by atoms with E-state index in [1.54, 1.807) is 25.2 Å². The lowest BCUT2D eigenvalue weighted by Gasteiger charge is -2.16. The van der Waals surface area contributed by atoms with Crippen molar-refractivity contribution in [1.29, 1.82) is 0 Å². The summed E-state index contributed by atoms with van der Waals surface area (Å²) in [5, 5.41) is 0. The van der Waals surface area contributed by atoms with Crippen LogP contribution >= 0.6 is 0 Å². The van der Waals surface area contributed by atoms with E-state index >= 15 is 0 Å².